The van der Waals surface area contributed by atoms with Gasteiger partial charge in [-0.1, -0.05) is 37.6 Å². The topological polar surface area (TPSA) is 76.2 Å². The standard InChI is InChI=1S/C23H26N2O5/c1-4-5-13-24(22(27)16-9-8-10-17(14-16)29-2)21-18-11-6-7-12-19(18)25(23(21)28)15-20(26)30-3/h6-12,14,21H,4-5,13,15H2,1-3H3. The fourth-order valence-corrected chi connectivity index (χ4v) is 3.62. The van der Waals surface area contributed by atoms with Crippen LogP contribution >= 0.6 is 0 Å². The highest BCUT2D eigenvalue weighted by molar-refractivity contribution is 6.09. The van der Waals surface area contributed by atoms with Crippen molar-refractivity contribution in [1.29, 1.82) is 0 Å². The largest absolute Gasteiger partial charge is 0.497 e. The minimum Gasteiger partial charge on any atom is -0.497 e. The molecular formula is C23H26N2O5. The smallest absolute Gasteiger partial charge is 0.325 e. The number of benzene rings is 2. The third-order valence-electron chi connectivity index (χ3n) is 5.18. The SMILES string of the molecule is CCCCN(C(=O)c1cccc(OC)c1)C1C(=O)N(CC(=O)OC)c2ccccc21. The monoisotopic (exact) mass is 410 g/mol. The summed E-state index contributed by atoms with van der Waals surface area (Å²) in [5.74, 6) is -0.510. The molecule has 1 atom stereocenters. The number of rotatable bonds is 8. The number of methoxy groups -OCH3 is 2. The minimum absolute atomic E-state index is 0.197. The number of amides is 2. The van der Waals surface area contributed by atoms with E-state index in [1.165, 1.54) is 12.0 Å². The number of fused-ring (bicyclic) bond motifs is 1. The molecule has 2 amide bonds. The van der Waals surface area contributed by atoms with Crippen LogP contribution in [-0.2, 0) is 14.3 Å². The van der Waals surface area contributed by atoms with Crippen molar-refractivity contribution in [3.63, 3.8) is 0 Å². The third-order valence-corrected chi connectivity index (χ3v) is 5.18. The highest BCUT2D eigenvalue weighted by Gasteiger charge is 2.43. The lowest BCUT2D eigenvalue weighted by molar-refractivity contribution is -0.140. The van der Waals surface area contributed by atoms with Crippen LogP contribution in [0.15, 0.2) is 48.5 Å². The molecule has 2 aromatic carbocycles. The van der Waals surface area contributed by atoms with Gasteiger partial charge in [0.25, 0.3) is 11.8 Å². The lowest BCUT2D eigenvalue weighted by Crippen LogP contribution is -2.43. The van der Waals surface area contributed by atoms with Crippen molar-refractivity contribution in [3.8, 4) is 5.75 Å². The van der Waals surface area contributed by atoms with Crippen molar-refractivity contribution in [1.82, 2.24) is 4.90 Å². The van der Waals surface area contributed by atoms with Gasteiger partial charge in [-0.2, -0.15) is 0 Å². The minimum atomic E-state index is -0.795. The molecule has 0 saturated heterocycles. The van der Waals surface area contributed by atoms with Gasteiger partial charge in [-0.15, -0.1) is 0 Å². The summed E-state index contributed by atoms with van der Waals surface area (Å²) in [5.41, 5.74) is 1.78. The fourth-order valence-electron chi connectivity index (χ4n) is 3.62. The normalized spacial score (nSPS) is 15.0. The average Bonchev–Trinajstić information content (AvgIpc) is 3.05. The molecule has 1 heterocycles. The Bertz CT molecular complexity index is 943. The first-order chi connectivity index (χ1) is 14.5. The number of carbonyl (C=O) groups is 3. The maximum absolute atomic E-state index is 13.5. The van der Waals surface area contributed by atoms with Crippen molar-refractivity contribution in [2.75, 3.05) is 32.2 Å². The van der Waals surface area contributed by atoms with Crippen LogP contribution in [-0.4, -0.2) is 50.0 Å². The first-order valence-electron chi connectivity index (χ1n) is 9.94. The Morgan fingerprint density at radius 1 is 1.10 bits per heavy atom. The Labute approximate surface area is 176 Å². The van der Waals surface area contributed by atoms with Gasteiger partial charge < -0.3 is 14.4 Å². The Balaban J connectivity index is 2.01. The highest BCUT2D eigenvalue weighted by atomic mass is 16.5. The molecule has 7 heteroatoms. The maximum atomic E-state index is 13.5. The second-order valence-corrected chi connectivity index (χ2v) is 7.05. The molecular weight excluding hydrogens is 384 g/mol. The van der Waals surface area contributed by atoms with Gasteiger partial charge in [0, 0.05) is 17.7 Å². The first-order valence-corrected chi connectivity index (χ1v) is 9.94. The van der Waals surface area contributed by atoms with Crippen LogP contribution in [0.25, 0.3) is 0 Å². The van der Waals surface area contributed by atoms with E-state index in [1.807, 2.05) is 19.1 Å². The maximum Gasteiger partial charge on any atom is 0.325 e. The van der Waals surface area contributed by atoms with Crippen LogP contribution < -0.4 is 9.64 Å². The Morgan fingerprint density at radius 3 is 2.57 bits per heavy atom. The summed E-state index contributed by atoms with van der Waals surface area (Å²) in [6, 6.07) is 13.3. The van der Waals surface area contributed by atoms with Gasteiger partial charge in [0.15, 0.2) is 0 Å². The molecule has 2 aromatic rings. The molecule has 1 aliphatic heterocycles. The van der Waals surface area contributed by atoms with Gasteiger partial charge in [-0.05, 0) is 30.7 Å². The predicted octanol–water partition coefficient (Wildman–Crippen LogP) is 3.20. The van der Waals surface area contributed by atoms with E-state index in [0.717, 1.165) is 12.8 Å². The lowest BCUT2D eigenvalue weighted by atomic mass is 10.0. The van der Waals surface area contributed by atoms with E-state index in [4.69, 9.17) is 9.47 Å². The van der Waals surface area contributed by atoms with Crippen LogP contribution in [0.2, 0.25) is 0 Å². The fraction of sp³-hybridized carbons (Fsp3) is 0.348. The number of anilines is 1. The second-order valence-electron chi connectivity index (χ2n) is 7.05. The summed E-state index contributed by atoms with van der Waals surface area (Å²) in [6.45, 7) is 2.25. The molecule has 0 fully saturated rings. The van der Waals surface area contributed by atoms with Gasteiger partial charge >= 0.3 is 5.97 Å². The van der Waals surface area contributed by atoms with E-state index in [2.05, 4.69) is 0 Å². The zero-order chi connectivity index (χ0) is 21.7. The zero-order valence-electron chi connectivity index (χ0n) is 17.5. The highest BCUT2D eigenvalue weighted by Crippen LogP contribution is 2.40. The molecule has 3 rings (SSSR count). The quantitative estimate of drug-likeness (QED) is 0.625. The number of ether oxygens (including phenoxy) is 2. The van der Waals surface area contributed by atoms with E-state index in [1.54, 1.807) is 48.4 Å². The van der Waals surface area contributed by atoms with E-state index in [0.29, 0.717) is 29.1 Å². The zero-order valence-corrected chi connectivity index (χ0v) is 17.5. The number of esters is 1. The molecule has 7 nitrogen and oxygen atoms in total. The summed E-state index contributed by atoms with van der Waals surface area (Å²) in [7, 11) is 2.83. The molecule has 1 aliphatic rings. The molecule has 0 saturated carbocycles. The molecule has 0 spiro atoms. The molecule has 0 N–H and O–H groups in total. The van der Waals surface area contributed by atoms with E-state index in [-0.39, 0.29) is 18.4 Å². The van der Waals surface area contributed by atoms with Gasteiger partial charge in [0.05, 0.1) is 19.9 Å². The van der Waals surface area contributed by atoms with Crippen LogP contribution in [0, 0.1) is 0 Å². The number of para-hydroxylation sites is 1. The van der Waals surface area contributed by atoms with Crippen molar-refractivity contribution >= 4 is 23.5 Å². The van der Waals surface area contributed by atoms with Gasteiger partial charge in [-0.25, -0.2) is 0 Å². The van der Waals surface area contributed by atoms with Crippen LogP contribution in [0.4, 0.5) is 5.69 Å². The van der Waals surface area contributed by atoms with Crippen molar-refractivity contribution < 1.29 is 23.9 Å². The van der Waals surface area contributed by atoms with E-state index >= 15 is 0 Å². The van der Waals surface area contributed by atoms with Gasteiger partial charge in [0.1, 0.15) is 18.3 Å². The summed E-state index contributed by atoms with van der Waals surface area (Å²) < 4.78 is 10.00. The van der Waals surface area contributed by atoms with Gasteiger partial charge in [0.2, 0.25) is 0 Å². The molecule has 0 aliphatic carbocycles. The van der Waals surface area contributed by atoms with E-state index < -0.39 is 12.0 Å². The van der Waals surface area contributed by atoms with Gasteiger partial charge in [-0.3, -0.25) is 19.3 Å². The van der Waals surface area contributed by atoms with Crippen molar-refractivity contribution in [3.05, 3.63) is 59.7 Å². The molecule has 0 radical (unpaired) electrons. The first kappa shape index (κ1) is 21.4. The van der Waals surface area contributed by atoms with Crippen LogP contribution in [0.3, 0.4) is 0 Å². The Kier molecular flexibility index (Phi) is 6.72. The van der Waals surface area contributed by atoms with E-state index in [9.17, 15) is 14.4 Å². The number of carbonyl (C=O) groups excluding carboxylic acids is 3. The predicted molar refractivity (Wildman–Crippen MR) is 112 cm³/mol. The number of hydrogen-bond donors (Lipinski definition) is 0. The van der Waals surface area contributed by atoms with Crippen molar-refractivity contribution in [2.45, 2.75) is 25.8 Å². The third kappa shape index (κ3) is 4.15. The Hall–Kier alpha value is -3.35. The summed E-state index contributed by atoms with van der Waals surface area (Å²) in [4.78, 5) is 41.7. The second kappa shape index (κ2) is 9.43. The average molecular weight is 410 g/mol. The van der Waals surface area contributed by atoms with Crippen LogP contribution in [0.5, 0.6) is 5.75 Å². The molecule has 1 unspecified atom stereocenters. The summed E-state index contributed by atoms with van der Waals surface area (Å²) in [5, 5.41) is 0. The summed E-state index contributed by atoms with van der Waals surface area (Å²) in [6.07, 6.45) is 1.62. The lowest BCUT2D eigenvalue weighted by Gasteiger charge is -2.29. The molecule has 0 bridgehead atoms. The van der Waals surface area contributed by atoms with Crippen molar-refractivity contribution in [2.24, 2.45) is 0 Å². The number of unbranched alkanes of at least 4 members (excludes halogenated alkanes) is 1. The Morgan fingerprint density at radius 2 is 1.87 bits per heavy atom. The molecule has 0 aromatic heterocycles. The number of hydrogen-bond acceptors (Lipinski definition) is 5. The van der Waals surface area contributed by atoms with Crippen LogP contribution in [0.1, 0.15) is 41.7 Å². The number of nitrogens with zero attached hydrogens (tertiary/aromatic N) is 2. The molecule has 158 valence electrons. The molecule has 30 heavy (non-hydrogen) atoms. The summed E-state index contributed by atoms with van der Waals surface area (Å²) >= 11 is 0.